The van der Waals surface area contributed by atoms with Crippen LogP contribution in [0.15, 0.2) is 0 Å². The van der Waals surface area contributed by atoms with E-state index in [1.54, 1.807) is 0 Å². The molecule has 2 atom stereocenters. The summed E-state index contributed by atoms with van der Waals surface area (Å²) in [4.78, 5) is 14.1. The van der Waals surface area contributed by atoms with E-state index in [-0.39, 0.29) is 30.7 Å². The third-order valence-electron chi connectivity index (χ3n) is 4.15. The summed E-state index contributed by atoms with van der Waals surface area (Å²) in [5.41, 5.74) is 0. The van der Waals surface area contributed by atoms with Gasteiger partial charge in [0.2, 0.25) is 5.91 Å². The van der Waals surface area contributed by atoms with Gasteiger partial charge in [0, 0.05) is 19.0 Å². The Morgan fingerprint density at radius 3 is 2.74 bits per heavy atom. The van der Waals surface area contributed by atoms with E-state index in [9.17, 15) is 4.79 Å². The fourth-order valence-electron chi connectivity index (χ4n) is 2.85. The summed E-state index contributed by atoms with van der Waals surface area (Å²) in [6, 6.07) is 0.562. The number of nitrogens with one attached hydrogen (secondary N) is 2. The molecule has 6 heteroatoms. The fraction of sp³-hybridized carbons (Fsp3) is 0.923. The molecule has 0 saturated carbocycles. The minimum Gasteiger partial charge on any atom is -0.355 e. The van der Waals surface area contributed by atoms with Crippen LogP contribution in [0, 0.1) is 5.92 Å². The van der Waals surface area contributed by atoms with Crippen LogP contribution in [-0.2, 0) is 4.79 Å². The maximum atomic E-state index is 11.7. The van der Waals surface area contributed by atoms with Gasteiger partial charge in [-0.1, -0.05) is 0 Å². The highest BCUT2D eigenvalue weighted by molar-refractivity contribution is 5.85. The lowest BCUT2D eigenvalue weighted by molar-refractivity contribution is -0.121. The molecular weight excluding hydrogens is 285 g/mol. The number of amides is 1. The Hall–Kier alpha value is -0.0300. The van der Waals surface area contributed by atoms with E-state index in [0.717, 1.165) is 32.0 Å². The van der Waals surface area contributed by atoms with E-state index in [1.165, 1.54) is 25.8 Å². The number of rotatable bonds is 5. The van der Waals surface area contributed by atoms with Crippen molar-refractivity contribution in [3.63, 3.8) is 0 Å². The number of carbonyl (C=O) groups is 1. The van der Waals surface area contributed by atoms with Crippen LogP contribution < -0.4 is 10.6 Å². The summed E-state index contributed by atoms with van der Waals surface area (Å²) < 4.78 is 0. The number of likely N-dealkylation sites (N-methyl/N-ethyl adjacent to an activating group) is 1. The highest BCUT2D eigenvalue weighted by Crippen LogP contribution is 2.15. The minimum absolute atomic E-state index is 0. The smallest absolute Gasteiger partial charge is 0.220 e. The molecule has 2 heterocycles. The van der Waals surface area contributed by atoms with E-state index in [1.807, 2.05) is 0 Å². The standard InChI is InChI=1S/C13H25N3O.2ClH/c1-16-8-2-3-12(16)10-15-13(17)5-4-11-6-7-14-9-11;;/h11-12,14H,2-10H2,1H3,(H,15,17);2*1H. The molecule has 2 rings (SSSR count). The quantitative estimate of drug-likeness (QED) is 0.807. The molecule has 0 spiro atoms. The van der Waals surface area contributed by atoms with Crippen LogP contribution in [0.25, 0.3) is 0 Å². The normalized spacial score (nSPS) is 26.6. The summed E-state index contributed by atoms with van der Waals surface area (Å²) in [5.74, 6) is 0.951. The van der Waals surface area contributed by atoms with Crippen LogP contribution in [0.4, 0.5) is 0 Å². The van der Waals surface area contributed by atoms with Crippen LogP contribution in [-0.4, -0.2) is 50.1 Å². The van der Waals surface area contributed by atoms with Gasteiger partial charge in [-0.2, -0.15) is 0 Å². The van der Waals surface area contributed by atoms with Crippen molar-refractivity contribution in [2.24, 2.45) is 5.92 Å². The summed E-state index contributed by atoms with van der Waals surface area (Å²) in [6.07, 6.45) is 5.47. The van der Waals surface area contributed by atoms with Gasteiger partial charge in [-0.05, 0) is 58.3 Å². The SMILES string of the molecule is CN1CCCC1CNC(=O)CCC1CCNC1.Cl.Cl. The first-order valence-electron chi connectivity index (χ1n) is 6.93. The molecule has 4 nitrogen and oxygen atoms in total. The van der Waals surface area contributed by atoms with Crippen molar-refractivity contribution < 1.29 is 4.79 Å². The predicted molar refractivity (Wildman–Crippen MR) is 83.4 cm³/mol. The van der Waals surface area contributed by atoms with Gasteiger partial charge < -0.3 is 15.5 Å². The van der Waals surface area contributed by atoms with Crippen LogP contribution in [0.1, 0.15) is 32.1 Å². The molecule has 0 aromatic rings. The molecule has 2 unspecified atom stereocenters. The lowest BCUT2D eigenvalue weighted by atomic mass is 10.0. The fourth-order valence-corrected chi connectivity index (χ4v) is 2.85. The molecule has 2 aliphatic heterocycles. The number of likely N-dealkylation sites (tertiary alicyclic amines) is 1. The maximum Gasteiger partial charge on any atom is 0.220 e. The summed E-state index contributed by atoms with van der Waals surface area (Å²) >= 11 is 0. The first kappa shape index (κ1) is 19.0. The van der Waals surface area contributed by atoms with E-state index in [2.05, 4.69) is 22.6 Å². The second kappa shape index (κ2) is 9.81. The number of hydrogen-bond acceptors (Lipinski definition) is 3. The largest absolute Gasteiger partial charge is 0.355 e. The zero-order valence-electron chi connectivity index (χ0n) is 11.7. The Balaban J connectivity index is 0.00000162. The topological polar surface area (TPSA) is 44.4 Å². The monoisotopic (exact) mass is 311 g/mol. The van der Waals surface area contributed by atoms with Gasteiger partial charge in [0.05, 0.1) is 0 Å². The molecular formula is C13H27Cl2N3O. The maximum absolute atomic E-state index is 11.7. The van der Waals surface area contributed by atoms with Crippen molar-refractivity contribution in [2.75, 3.05) is 33.2 Å². The lowest BCUT2D eigenvalue weighted by Crippen LogP contribution is -2.38. The molecule has 0 radical (unpaired) electrons. The number of halogens is 2. The zero-order chi connectivity index (χ0) is 12.1. The minimum atomic E-state index is 0. The van der Waals surface area contributed by atoms with Gasteiger partial charge in [0.15, 0.2) is 0 Å². The van der Waals surface area contributed by atoms with Crippen LogP contribution in [0.2, 0.25) is 0 Å². The van der Waals surface area contributed by atoms with Crippen LogP contribution >= 0.6 is 24.8 Å². The van der Waals surface area contributed by atoms with Gasteiger partial charge in [0.25, 0.3) is 0 Å². The second-order valence-corrected chi connectivity index (χ2v) is 5.48. The molecule has 0 bridgehead atoms. The van der Waals surface area contributed by atoms with Crippen molar-refractivity contribution in [3.05, 3.63) is 0 Å². The Kier molecular flexibility index (Phi) is 9.79. The first-order valence-corrected chi connectivity index (χ1v) is 6.93. The molecule has 19 heavy (non-hydrogen) atoms. The van der Waals surface area contributed by atoms with E-state index >= 15 is 0 Å². The Morgan fingerprint density at radius 1 is 1.37 bits per heavy atom. The molecule has 2 N–H and O–H groups in total. The number of carbonyl (C=O) groups excluding carboxylic acids is 1. The Bertz CT molecular complexity index is 260. The third-order valence-corrected chi connectivity index (χ3v) is 4.15. The molecule has 2 aliphatic rings. The average Bonchev–Trinajstić information content (AvgIpc) is 2.95. The summed E-state index contributed by atoms with van der Waals surface area (Å²) in [7, 11) is 2.15. The molecule has 2 saturated heterocycles. The molecule has 0 aliphatic carbocycles. The third kappa shape index (κ3) is 6.30. The van der Waals surface area contributed by atoms with E-state index < -0.39 is 0 Å². The van der Waals surface area contributed by atoms with Gasteiger partial charge >= 0.3 is 0 Å². The zero-order valence-corrected chi connectivity index (χ0v) is 13.3. The molecule has 114 valence electrons. The highest BCUT2D eigenvalue weighted by Gasteiger charge is 2.21. The molecule has 0 aromatic heterocycles. The number of hydrogen-bond donors (Lipinski definition) is 2. The van der Waals surface area contributed by atoms with Gasteiger partial charge in [-0.25, -0.2) is 0 Å². The van der Waals surface area contributed by atoms with E-state index in [4.69, 9.17) is 0 Å². The molecule has 2 fully saturated rings. The highest BCUT2D eigenvalue weighted by atomic mass is 35.5. The summed E-state index contributed by atoms with van der Waals surface area (Å²) in [5, 5.41) is 6.42. The second-order valence-electron chi connectivity index (χ2n) is 5.48. The van der Waals surface area contributed by atoms with E-state index in [0.29, 0.717) is 12.5 Å². The van der Waals surface area contributed by atoms with Crippen molar-refractivity contribution >= 4 is 30.7 Å². The molecule has 1 amide bonds. The van der Waals surface area contributed by atoms with Gasteiger partial charge in [-0.15, -0.1) is 24.8 Å². The first-order chi connectivity index (χ1) is 8.25. The lowest BCUT2D eigenvalue weighted by Gasteiger charge is -2.19. The van der Waals surface area contributed by atoms with Crippen LogP contribution in [0.3, 0.4) is 0 Å². The Labute approximate surface area is 128 Å². The van der Waals surface area contributed by atoms with Gasteiger partial charge in [0.1, 0.15) is 0 Å². The van der Waals surface area contributed by atoms with Gasteiger partial charge in [-0.3, -0.25) is 4.79 Å². The number of nitrogens with zero attached hydrogens (tertiary/aromatic N) is 1. The molecule has 0 aromatic carbocycles. The van der Waals surface area contributed by atoms with Crippen molar-refractivity contribution in [2.45, 2.75) is 38.1 Å². The van der Waals surface area contributed by atoms with Crippen molar-refractivity contribution in [3.8, 4) is 0 Å². The van der Waals surface area contributed by atoms with Crippen LogP contribution in [0.5, 0.6) is 0 Å². The summed E-state index contributed by atoms with van der Waals surface area (Å²) in [6.45, 7) is 4.23. The van der Waals surface area contributed by atoms with Crippen molar-refractivity contribution in [1.82, 2.24) is 15.5 Å². The Morgan fingerprint density at radius 2 is 2.16 bits per heavy atom. The van der Waals surface area contributed by atoms with Crippen molar-refractivity contribution in [1.29, 1.82) is 0 Å². The predicted octanol–water partition coefficient (Wildman–Crippen LogP) is 1.43. The average molecular weight is 312 g/mol.